The van der Waals surface area contributed by atoms with Gasteiger partial charge in [0.15, 0.2) is 9.84 Å². The van der Waals surface area contributed by atoms with Crippen LogP contribution in [0.3, 0.4) is 0 Å². The highest BCUT2D eigenvalue weighted by Crippen LogP contribution is 2.39. The fourth-order valence-electron chi connectivity index (χ4n) is 6.49. The molecule has 0 spiro atoms. The predicted molar refractivity (Wildman–Crippen MR) is 179 cm³/mol. The Kier molecular flexibility index (Phi) is 12.1. The maximum Gasteiger partial charge on any atom is 0.252 e. The number of likely N-dealkylation sites (tertiary alicyclic amines) is 1. The molecule has 0 radical (unpaired) electrons. The Hall–Kier alpha value is -2.54. The molecule has 1 saturated carbocycles. The van der Waals surface area contributed by atoms with Crippen molar-refractivity contribution in [2.24, 2.45) is 11.8 Å². The molecule has 1 aliphatic carbocycles. The lowest BCUT2D eigenvalue weighted by atomic mass is 9.72. The number of benzene rings is 1. The first kappa shape index (κ1) is 37.9. The van der Waals surface area contributed by atoms with Gasteiger partial charge in [0, 0.05) is 24.9 Å². The summed E-state index contributed by atoms with van der Waals surface area (Å²) in [6, 6.07) is 6.39. The summed E-state index contributed by atoms with van der Waals surface area (Å²) in [4.78, 5) is 42.4. The molecule has 6 atom stereocenters. The zero-order valence-corrected chi connectivity index (χ0v) is 29.6. The van der Waals surface area contributed by atoms with Crippen LogP contribution < -0.4 is 16.0 Å². The van der Waals surface area contributed by atoms with Crippen molar-refractivity contribution in [3.63, 3.8) is 0 Å². The highest BCUT2D eigenvalue weighted by Gasteiger charge is 2.47. The Morgan fingerprint density at radius 3 is 2.09 bits per heavy atom. The van der Waals surface area contributed by atoms with E-state index in [1.807, 2.05) is 56.0 Å². The highest BCUT2D eigenvalue weighted by molar-refractivity contribution is 7.92. The van der Waals surface area contributed by atoms with E-state index in [1.54, 1.807) is 0 Å². The molecule has 11 nitrogen and oxygen atoms in total. The van der Waals surface area contributed by atoms with Gasteiger partial charge in [0.1, 0.15) is 11.6 Å². The van der Waals surface area contributed by atoms with E-state index >= 15 is 0 Å². The van der Waals surface area contributed by atoms with E-state index in [0.717, 1.165) is 37.5 Å². The molecule has 3 rings (SSSR count). The number of hydrogen-bond acceptors (Lipinski definition) is 8. The van der Waals surface area contributed by atoms with E-state index in [2.05, 4.69) is 16.0 Å². The summed E-state index contributed by atoms with van der Waals surface area (Å²) >= 11 is 0. The lowest BCUT2D eigenvalue weighted by Crippen LogP contribution is -2.65. The molecule has 1 aliphatic heterocycles. The first-order valence-electron chi connectivity index (χ1n) is 16.4. The second kappa shape index (κ2) is 14.7. The molecule has 2 fully saturated rings. The first-order chi connectivity index (χ1) is 21.1. The molecule has 12 heteroatoms. The average molecular weight is 665 g/mol. The number of amides is 3. The molecule has 3 amide bonds. The average Bonchev–Trinajstić information content (AvgIpc) is 2.93. The van der Waals surface area contributed by atoms with Crippen molar-refractivity contribution in [2.45, 2.75) is 127 Å². The number of aliphatic hydroxyl groups is 2. The number of carbonyl (C=O) groups is 3. The van der Waals surface area contributed by atoms with Gasteiger partial charge in [0.25, 0.3) is 5.91 Å². The van der Waals surface area contributed by atoms with Gasteiger partial charge >= 0.3 is 0 Å². The van der Waals surface area contributed by atoms with Gasteiger partial charge in [0.2, 0.25) is 11.8 Å². The lowest BCUT2D eigenvalue weighted by molar-refractivity contribution is -0.140. The van der Waals surface area contributed by atoms with Gasteiger partial charge < -0.3 is 26.2 Å². The smallest absolute Gasteiger partial charge is 0.252 e. The molecule has 0 unspecified atom stereocenters. The van der Waals surface area contributed by atoms with E-state index in [-0.39, 0.29) is 18.9 Å². The minimum Gasteiger partial charge on any atom is -0.390 e. The second-order valence-electron chi connectivity index (χ2n) is 15.5. The standard InChI is InChI=1S/C34H56N4O7S/c1-32(2,3)37-29(40)26-19-23-16-12-13-17-24(23)20-38(26)21-27(39)25(18-22-14-10-9-11-15-22)35-30(41)28(34(6,7)46(8,44)45)36-31(42)33(4,5)43/h9-11,14-15,23-28,39,43H,12-13,16-21H2,1-8H3,(H,35,41)(H,36,42)(H,37,40)/t23-,24+,25-,26-,27+,28+/m0/s1. The summed E-state index contributed by atoms with van der Waals surface area (Å²) < 4.78 is 23.9. The number of carbonyl (C=O) groups excluding carboxylic acids is 3. The fraction of sp³-hybridized carbons (Fsp3) is 0.735. The molecule has 5 N–H and O–H groups in total. The normalized spacial score (nSPS) is 23.4. The Morgan fingerprint density at radius 1 is 0.957 bits per heavy atom. The summed E-state index contributed by atoms with van der Waals surface area (Å²) in [5.74, 6) is -0.944. The summed E-state index contributed by atoms with van der Waals surface area (Å²) in [6.45, 7) is 11.7. The topological polar surface area (TPSA) is 165 Å². The zero-order valence-electron chi connectivity index (χ0n) is 28.8. The number of rotatable bonds is 12. The Bertz CT molecular complexity index is 1320. The van der Waals surface area contributed by atoms with Gasteiger partial charge in [-0.3, -0.25) is 19.3 Å². The third-order valence-electron chi connectivity index (χ3n) is 9.56. The minimum atomic E-state index is -3.89. The van der Waals surface area contributed by atoms with E-state index in [9.17, 15) is 33.0 Å². The fourth-order valence-corrected chi connectivity index (χ4v) is 7.08. The number of nitrogens with zero attached hydrogens (tertiary/aromatic N) is 1. The third-order valence-corrected chi connectivity index (χ3v) is 11.7. The molecular formula is C34H56N4O7S. The van der Waals surface area contributed by atoms with Crippen molar-refractivity contribution >= 4 is 27.6 Å². The van der Waals surface area contributed by atoms with Crippen molar-refractivity contribution in [3.05, 3.63) is 35.9 Å². The van der Waals surface area contributed by atoms with Crippen LogP contribution in [0.15, 0.2) is 30.3 Å². The molecule has 2 aliphatic rings. The number of β-amino-alcohol motifs (C(OH)–C–C–N with tert-alkyl or cyclic N) is 1. The van der Waals surface area contributed by atoms with Gasteiger partial charge in [-0.25, -0.2) is 8.42 Å². The quantitative estimate of drug-likeness (QED) is 0.226. The number of hydrogen-bond donors (Lipinski definition) is 5. The predicted octanol–water partition coefficient (Wildman–Crippen LogP) is 1.95. The lowest BCUT2D eigenvalue weighted by Gasteiger charge is -2.47. The van der Waals surface area contributed by atoms with E-state index in [0.29, 0.717) is 24.8 Å². The molecule has 0 aromatic heterocycles. The Labute approximate surface area is 275 Å². The van der Waals surface area contributed by atoms with Crippen molar-refractivity contribution in [1.82, 2.24) is 20.9 Å². The molecular weight excluding hydrogens is 608 g/mol. The van der Waals surface area contributed by atoms with Gasteiger partial charge in [0.05, 0.1) is 22.9 Å². The molecule has 260 valence electrons. The van der Waals surface area contributed by atoms with Crippen LogP contribution in [-0.4, -0.2) is 101 Å². The number of fused-ring (bicyclic) bond motifs is 1. The molecule has 46 heavy (non-hydrogen) atoms. The summed E-state index contributed by atoms with van der Waals surface area (Å²) in [5.41, 5.74) is -1.47. The second-order valence-corrected chi connectivity index (χ2v) is 18.1. The summed E-state index contributed by atoms with van der Waals surface area (Å²) in [7, 11) is -3.89. The van der Waals surface area contributed by atoms with Crippen molar-refractivity contribution in [1.29, 1.82) is 0 Å². The molecule has 0 bridgehead atoms. The highest BCUT2D eigenvalue weighted by atomic mass is 32.2. The van der Waals surface area contributed by atoms with E-state index in [1.165, 1.54) is 27.7 Å². The van der Waals surface area contributed by atoms with E-state index in [4.69, 9.17) is 0 Å². The summed E-state index contributed by atoms with van der Waals surface area (Å²) in [6.07, 6.45) is 5.20. The van der Waals surface area contributed by atoms with Crippen LogP contribution in [0.4, 0.5) is 0 Å². The van der Waals surface area contributed by atoms with Crippen LogP contribution >= 0.6 is 0 Å². The third kappa shape index (κ3) is 9.98. The molecule has 1 saturated heterocycles. The molecule has 1 heterocycles. The first-order valence-corrected chi connectivity index (χ1v) is 18.3. The Morgan fingerprint density at radius 2 is 1.54 bits per heavy atom. The number of piperidine rings is 1. The zero-order chi connectivity index (χ0) is 34.7. The number of sulfone groups is 1. The Balaban J connectivity index is 1.94. The SMILES string of the molecule is CC(C)(C)NC(=O)[C@@H]1C[C@@H]2CCCC[C@@H]2CN1C[C@@H](O)[C@H](Cc1ccccc1)NC(=O)[C@@H](NC(=O)C(C)(C)O)C(C)(C)S(C)(=O)=O. The molecule has 1 aromatic carbocycles. The maximum atomic E-state index is 14.0. The van der Waals surface area contributed by atoms with Crippen LogP contribution in [0.5, 0.6) is 0 Å². The summed E-state index contributed by atoms with van der Waals surface area (Å²) in [5, 5.41) is 30.5. The molecule has 1 aromatic rings. The van der Waals surface area contributed by atoms with Crippen LogP contribution in [-0.2, 0) is 30.6 Å². The maximum absolute atomic E-state index is 14.0. The van der Waals surface area contributed by atoms with Gasteiger partial charge in [-0.1, -0.05) is 49.6 Å². The number of aliphatic hydroxyl groups excluding tert-OH is 1. The van der Waals surface area contributed by atoms with Crippen molar-refractivity contribution in [3.8, 4) is 0 Å². The van der Waals surface area contributed by atoms with Crippen molar-refractivity contribution < 1.29 is 33.0 Å². The number of nitrogens with one attached hydrogen (secondary N) is 3. The largest absolute Gasteiger partial charge is 0.390 e. The van der Waals surface area contributed by atoms with E-state index < -0.39 is 61.8 Å². The van der Waals surface area contributed by atoms with Crippen LogP contribution in [0.1, 0.15) is 86.1 Å². The monoisotopic (exact) mass is 664 g/mol. The van der Waals surface area contributed by atoms with Gasteiger partial charge in [-0.05, 0) is 85.1 Å². The van der Waals surface area contributed by atoms with Crippen LogP contribution in [0.2, 0.25) is 0 Å². The van der Waals surface area contributed by atoms with Crippen LogP contribution in [0.25, 0.3) is 0 Å². The van der Waals surface area contributed by atoms with Gasteiger partial charge in [-0.15, -0.1) is 0 Å². The van der Waals surface area contributed by atoms with Crippen molar-refractivity contribution in [2.75, 3.05) is 19.3 Å². The van der Waals surface area contributed by atoms with Gasteiger partial charge in [-0.2, -0.15) is 0 Å². The van der Waals surface area contributed by atoms with Crippen LogP contribution in [0, 0.1) is 11.8 Å². The minimum absolute atomic E-state index is 0.0864.